The highest BCUT2D eigenvalue weighted by Crippen LogP contribution is 2.40. The first-order chi connectivity index (χ1) is 7.50. The van der Waals surface area contributed by atoms with Gasteiger partial charge in [0.15, 0.2) is 9.84 Å². The molecular weight excluding hydrogens is 246 g/mol. The largest absolute Gasteiger partial charge is 0.444 e. The Bertz CT molecular complexity index is 436. The molecule has 2 atom stereocenters. The molecule has 0 radical (unpaired) electrons. The second-order valence-electron chi connectivity index (χ2n) is 5.31. The molecule has 7 heteroatoms. The van der Waals surface area contributed by atoms with Gasteiger partial charge in [0.25, 0.3) is 0 Å². The molecule has 0 aromatic heterocycles. The number of amides is 1. The van der Waals surface area contributed by atoms with E-state index in [1.807, 2.05) is 0 Å². The Morgan fingerprint density at radius 1 is 1.47 bits per heavy atom. The number of ether oxygens (including phenoxy) is 1. The van der Waals surface area contributed by atoms with Crippen LogP contribution in [0.3, 0.4) is 0 Å². The van der Waals surface area contributed by atoms with Crippen molar-refractivity contribution in [2.45, 2.75) is 43.6 Å². The molecule has 0 spiro atoms. The smallest absolute Gasteiger partial charge is 0.408 e. The van der Waals surface area contributed by atoms with Crippen LogP contribution in [-0.4, -0.2) is 43.4 Å². The second kappa shape index (κ2) is 3.97. The topological polar surface area (TPSA) is 89.5 Å². The number of alkyl carbamates (subject to hydrolysis) is 1. The molecule has 0 saturated heterocycles. The average Bonchev–Trinajstić information content (AvgIpc) is 2.75. The summed E-state index contributed by atoms with van der Waals surface area (Å²) in [6.07, 6.45) is 0.826. The van der Waals surface area contributed by atoms with Gasteiger partial charge in [-0.2, -0.15) is 0 Å². The predicted octanol–water partition coefficient (Wildman–Crippen LogP) is 0.266. The van der Waals surface area contributed by atoms with E-state index >= 15 is 0 Å². The molecular formula is C10H17NO5S. The molecule has 0 bridgehead atoms. The fourth-order valence-corrected chi connectivity index (χ4v) is 3.02. The van der Waals surface area contributed by atoms with Crippen molar-refractivity contribution >= 4 is 22.2 Å². The summed E-state index contributed by atoms with van der Waals surface area (Å²) < 4.78 is 27.5. The highest BCUT2D eigenvalue weighted by atomic mass is 32.2. The fraction of sp³-hybridized carbons (Fsp3) is 0.800. The van der Waals surface area contributed by atoms with Crippen molar-refractivity contribution in [1.29, 1.82) is 0 Å². The maximum atomic E-state index is 11.5. The Morgan fingerprint density at radius 2 is 2.00 bits per heavy atom. The lowest BCUT2D eigenvalue weighted by atomic mass is 10.2. The highest BCUT2D eigenvalue weighted by Gasteiger charge is 2.61. The summed E-state index contributed by atoms with van der Waals surface area (Å²) in [5, 5.41) is 1.47. The summed E-state index contributed by atoms with van der Waals surface area (Å²) in [5.41, 5.74) is -2.00. The lowest BCUT2D eigenvalue weighted by Gasteiger charge is -2.21. The number of carbonyl (C=O) groups is 2. The Hall–Kier alpha value is -1.11. The zero-order chi connectivity index (χ0) is 13.5. The van der Waals surface area contributed by atoms with Crippen molar-refractivity contribution in [3.8, 4) is 0 Å². The molecule has 1 saturated carbocycles. The number of carbonyl (C=O) groups excluding carboxylic acids is 2. The molecule has 0 heterocycles. The predicted molar refractivity (Wildman–Crippen MR) is 61.4 cm³/mol. The van der Waals surface area contributed by atoms with Crippen LogP contribution in [0.4, 0.5) is 4.79 Å². The Kier molecular flexibility index (Phi) is 3.26. The Balaban J connectivity index is 2.69. The van der Waals surface area contributed by atoms with Gasteiger partial charge in [-0.05, 0) is 27.2 Å². The molecule has 1 aliphatic carbocycles. The minimum atomic E-state index is -3.34. The van der Waals surface area contributed by atoms with Crippen molar-refractivity contribution < 1.29 is 22.7 Å². The van der Waals surface area contributed by atoms with E-state index in [-0.39, 0.29) is 6.42 Å². The van der Waals surface area contributed by atoms with E-state index in [2.05, 4.69) is 5.32 Å². The van der Waals surface area contributed by atoms with Gasteiger partial charge in [-0.25, -0.2) is 13.2 Å². The molecule has 1 amide bonds. The third-order valence-corrected chi connectivity index (χ3v) is 4.02. The molecule has 1 N–H and O–H groups in total. The summed E-state index contributed by atoms with van der Waals surface area (Å²) >= 11 is 0. The van der Waals surface area contributed by atoms with Crippen LogP contribution in [0.25, 0.3) is 0 Å². The lowest BCUT2D eigenvalue weighted by molar-refractivity contribution is -0.110. The summed E-state index contributed by atoms with van der Waals surface area (Å²) in [7, 11) is -3.34. The summed E-state index contributed by atoms with van der Waals surface area (Å²) in [4.78, 5) is 22.4. The molecule has 1 aliphatic rings. The summed E-state index contributed by atoms with van der Waals surface area (Å²) in [6.45, 7) is 5.04. The minimum Gasteiger partial charge on any atom is -0.444 e. The van der Waals surface area contributed by atoms with Gasteiger partial charge in [0.05, 0.1) is 5.25 Å². The van der Waals surface area contributed by atoms with Crippen LogP contribution >= 0.6 is 0 Å². The number of hydrogen-bond acceptors (Lipinski definition) is 5. The Labute approximate surface area is 101 Å². The molecule has 0 aromatic carbocycles. The van der Waals surface area contributed by atoms with Gasteiger partial charge in [-0.1, -0.05) is 0 Å². The van der Waals surface area contributed by atoms with Crippen LogP contribution in [0.2, 0.25) is 0 Å². The van der Waals surface area contributed by atoms with E-state index in [9.17, 15) is 18.0 Å². The zero-order valence-electron chi connectivity index (χ0n) is 10.3. The molecule has 0 aliphatic heterocycles. The Morgan fingerprint density at radius 3 is 2.29 bits per heavy atom. The van der Waals surface area contributed by atoms with Crippen molar-refractivity contribution in [2.75, 3.05) is 6.26 Å². The van der Waals surface area contributed by atoms with Crippen LogP contribution in [0.15, 0.2) is 0 Å². The molecule has 98 valence electrons. The van der Waals surface area contributed by atoms with Gasteiger partial charge in [0.2, 0.25) is 0 Å². The normalized spacial score (nSPS) is 28.4. The average molecular weight is 263 g/mol. The van der Waals surface area contributed by atoms with Crippen molar-refractivity contribution in [3.63, 3.8) is 0 Å². The number of sulfone groups is 1. The molecule has 1 rings (SSSR count). The first-order valence-corrected chi connectivity index (χ1v) is 7.12. The van der Waals surface area contributed by atoms with Gasteiger partial charge in [-0.15, -0.1) is 0 Å². The quantitative estimate of drug-likeness (QED) is 0.738. The SMILES string of the molecule is CC(C)(C)OC(=O)N[C@]1(C=O)C[C@H]1S(C)(=O)=O. The molecule has 1 fully saturated rings. The van der Waals surface area contributed by atoms with Crippen molar-refractivity contribution in [2.24, 2.45) is 0 Å². The highest BCUT2D eigenvalue weighted by molar-refractivity contribution is 7.91. The van der Waals surface area contributed by atoms with Crippen molar-refractivity contribution in [1.82, 2.24) is 5.32 Å². The number of nitrogens with one attached hydrogen (secondary N) is 1. The standard InChI is InChI=1S/C10H17NO5S/c1-9(2,3)16-8(13)11-10(6-12)5-7(10)17(4,14)15/h6-7H,5H2,1-4H3,(H,11,13)/t7-,10+/m1/s1. The van der Waals surface area contributed by atoms with Crippen LogP contribution in [-0.2, 0) is 19.4 Å². The van der Waals surface area contributed by atoms with Crippen LogP contribution in [0, 0.1) is 0 Å². The summed E-state index contributed by atoms with van der Waals surface area (Å²) in [5.74, 6) is 0. The fourth-order valence-electron chi connectivity index (χ4n) is 1.56. The van der Waals surface area contributed by atoms with Crippen LogP contribution in [0.5, 0.6) is 0 Å². The van der Waals surface area contributed by atoms with Gasteiger partial charge in [-0.3, -0.25) is 0 Å². The second-order valence-corrected chi connectivity index (χ2v) is 7.54. The van der Waals surface area contributed by atoms with Gasteiger partial charge < -0.3 is 14.8 Å². The number of aldehydes is 1. The van der Waals surface area contributed by atoms with E-state index in [0.29, 0.717) is 6.29 Å². The van der Waals surface area contributed by atoms with E-state index < -0.39 is 32.3 Å². The van der Waals surface area contributed by atoms with Crippen LogP contribution in [0.1, 0.15) is 27.2 Å². The van der Waals surface area contributed by atoms with E-state index in [1.54, 1.807) is 20.8 Å². The maximum absolute atomic E-state index is 11.5. The monoisotopic (exact) mass is 263 g/mol. The maximum Gasteiger partial charge on any atom is 0.408 e. The van der Waals surface area contributed by atoms with Crippen LogP contribution < -0.4 is 5.32 Å². The van der Waals surface area contributed by atoms with E-state index in [4.69, 9.17) is 4.74 Å². The number of rotatable bonds is 3. The van der Waals surface area contributed by atoms with Gasteiger partial charge in [0.1, 0.15) is 17.4 Å². The van der Waals surface area contributed by atoms with Gasteiger partial charge >= 0.3 is 6.09 Å². The van der Waals surface area contributed by atoms with Crippen molar-refractivity contribution in [3.05, 3.63) is 0 Å². The molecule has 0 aromatic rings. The van der Waals surface area contributed by atoms with Gasteiger partial charge in [0, 0.05) is 6.26 Å². The van der Waals surface area contributed by atoms with E-state index in [1.165, 1.54) is 0 Å². The molecule has 17 heavy (non-hydrogen) atoms. The lowest BCUT2D eigenvalue weighted by Crippen LogP contribution is -2.44. The first-order valence-electron chi connectivity index (χ1n) is 5.16. The third kappa shape index (κ3) is 3.42. The number of hydrogen-bond donors (Lipinski definition) is 1. The molecule has 0 unspecified atom stereocenters. The third-order valence-electron chi connectivity index (χ3n) is 2.40. The van der Waals surface area contributed by atoms with E-state index in [0.717, 1.165) is 6.26 Å². The first kappa shape index (κ1) is 14.0. The minimum absolute atomic E-state index is 0.106. The summed E-state index contributed by atoms with van der Waals surface area (Å²) in [6, 6.07) is 0. The zero-order valence-corrected chi connectivity index (χ0v) is 11.1. The molecule has 6 nitrogen and oxygen atoms in total.